The lowest BCUT2D eigenvalue weighted by Gasteiger charge is -2.27. The fourth-order valence-corrected chi connectivity index (χ4v) is 3.51. The van der Waals surface area contributed by atoms with E-state index >= 15 is 0 Å². The number of rotatable bonds is 15. The van der Waals surface area contributed by atoms with Crippen molar-refractivity contribution < 1.29 is 29.1 Å². The molecular formula is C25H39N5O6. The number of amides is 4. The number of carbonyl (C=O) groups excluding carboxylic acids is 4. The number of benzene rings is 1. The standard InChI is InChI=1S/C25H39N5O6/c1-14(2)12-18(28-22(32)17(26)10-11-20(27)31)23(33)29-19(13-16-8-6-5-7-9-16)24(34)30-21(15(3)4)25(35)36/h5-9,14-15,17-19,21H,10-13,26H2,1-4H3,(H2,27,31)(H,28,32)(H,29,33)(H,30,34)(H,35,36). The molecular weight excluding hydrogens is 466 g/mol. The summed E-state index contributed by atoms with van der Waals surface area (Å²) in [7, 11) is 0. The third-order valence-electron chi connectivity index (χ3n) is 5.52. The molecule has 200 valence electrons. The van der Waals surface area contributed by atoms with Crippen molar-refractivity contribution in [3.63, 3.8) is 0 Å². The van der Waals surface area contributed by atoms with Gasteiger partial charge in [0.1, 0.15) is 18.1 Å². The van der Waals surface area contributed by atoms with Gasteiger partial charge in [0.2, 0.25) is 23.6 Å². The Hall–Kier alpha value is -3.47. The number of carboxylic acid groups (broad SMARTS) is 1. The molecule has 8 N–H and O–H groups in total. The van der Waals surface area contributed by atoms with Gasteiger partial charge in [-0.05, 0) is 30.2 Å². The second-order valence-corrected chi connectivity index (χ2v) is 9.62. The molecule has 36 heavy (non-hydrogen) atoms. The van der Waals surface area contributed by atoms with Crippen molar-refractivity contribution in [3.8, 4) is 0 Å². The molecule has 1 rings (SSSR count). The van der Waals surface area contributed by atoms with E-state index < -0.39 is 53.8 Å². The Kier molecular flexibility index (Phi) is 12.6. The molecule has 4 unspecified atom stereocenters. The molecule has 1 aromatic carbocycles. The summed E-state index contributed by atoms with van der Waals surface area (Å²) in [5.74, 6) is -4.01. The highest BCUT2D eigenvalue weighted by atomic mass is 16.4. The Balaban J connectivity index is 3.09. The van der Waals surface area contributed by atoms with Gasteiger partial charge in [-0.15, -0.1) is 0 Å². The Morgan fingerprint density at radius 3 is 1.92 bits per heavy atom. The molecule has 4 atom stereocenters. The van der Waals surface area contributed by atoms with Crippen LogP contribution in [0.5, 0.6) is 0 Å². The second-order valence-electron chi connectivity index (χ2n) is 9.62. The molecule has 0 aliphatic rings. The monoisotopic (exact) mass is 505 g/mol. The molecule has 11 nitrogen and oxygen atoms in total. The van der Waals surface area contributed by atoms with E-state index in [4.69, 9.17) is 11.5 Å². The molecule has 1 aromatic rings. The molecule has 0 saturated carbocycles. The van der Waals surface area contributed by atoms with Crippen LogP contribution in [0.1, 0.15) is 52.5 Å². The second kappa shape index (κ2) is 14.8. The summed E-state index contributed by atoms with van der Waals surface area (Å²) in [5.41, 5.74) is 11.7. The Morgan fingerprint density at radius 2 is 1.42 bits per heavy atom. The Labute approximate surface area is 211 Å². The summed E-state index contributed by atoms with van der Waals surface area (Å²) in [6.45, 7) is 7.07. The van der Waals surface area contributed by atoms with Crippen molar-refractivity contribution in [2.75, 3.05) is 0 Å². The van der Waals surface area contributed by atoms with E-state index in [0.29, 0.717) is 0 Å². The van der Waals surface area contributed by atoms with Crippen LogP contribution in [0.2, 0.25) is 0 Å². The van der Waals surface area contributed by atoms with Crippen LogP contribution >= 0.6 is 0 Å². The molecule has 0 saturated heterocycles. The third kappa shape index (κ3) is 10.9. The van der Waals surface area contributed by atoms with E-state index in [1.807, 2.05) is 19.9 Å². The van der Waals surface area contributed by atoms with Crippen molar-refractivity contribution in [2.45, 2.75) is 77.5 Å². The average Bonchev–Trinajstić information content (AvgIpc) is 2.79. The van der Waals surface area contributed by atoms with Gasteiger partial charge in [0.15, 0.2) is 0 Å². The van der Waals surface area contributed by atoms with Gasteiger partial charge in [0, 0.05) is 12.8 Å². The number of nitrogens with one attached hydrogen (secondary N) is 3. The van der Waals surface area contributed by atoms with Gasteiger partial charge >= 0.3 is 5.97 Å². The van der Waals surface area contributed by atoms with E-state index in [2.05, 4.69) is 16.0 Å². The summed E-state index contributed by atoms with van der Waals surface area (Å²) in [6, 6.07) is 4.70. The van der Waals surface area contributed by atoms with Gasteiger partial charge in [-0.1, -0.05) is 58.0 Å². The molecule has 0 spiro atoms. The first-order valence-corrected chi connectivity index (χ1v) is 12.0. The number of nitrogens with two attached hydrogens (primary N) is 2. The van der Waals surface area contributed by atoms with Crippen molar-refractivity contribution in [1.29, 1.82) is 0 Å². The minimum atomic E-state index is -1.18. The van der Waals surface area contributed by atoms with E-state index in [-0.39, 0.29) is 37.5 Å². The molecule has 0 aliphatic heterocycles. The maximum absolute atomic E-state index is 13.2. The fraction of sp³-hybridized carbons (Fsp3) is 0.560. The van der Waals surface area contributed by atoms with Gasteiger partial charge in [-0.25, -0.2) is 4.79 Å². The number of primary amides is 1. The molecule has 4 amide bonds. The Bertz CT molecular complexity index is 905. The lowest BCUT2D eigenvalue weighted by Crippen LogP contribution is -2.58. The first-order valence-electron chi connectivity index (χ1n) is 12.0. The van der Waals surface area contributed by atoms with Crippen LogP contribution in [0.15, 0.2) is 30.3 Å². The minimum absolute atomic E-state index is 0.0154. The van der Waals surface area contributed by atoms with E-state index in [9.17, 15) is 29.1 Å². The number of carbonyl (C=O) groups is 5. The molecule has 0 radical (unpaired) electrons. The summed E-state index contributed by atoms with van der Waals surface area (Å²) in [6.07, 6.45) is 0.338. The normalized spacial score (nSPS) is 14.4. The third-order valence-corrected chi connectivity index (χ3v) is 5.52. The SMILES string of the molecule is CC(C)CC(NC(=O)C(N)CCC(N)=O)C(=O)NC(Cc1ccccc1)C(=O)NC(C(=O)O)C(C)C. The van der Waals surface area contributed by atoms with Crippen LogP contribution in [0.4, 0.5) is 0 Å². The number of hydrogen-bond acceptors (Lipinski definition) is 6. The highest BCUT2D eigenvalue weighted by Gasteiger charge is 2.31. The molecule has 0 aromatic heterocycles. The van der Waals surface area contributed by atoms with Crippen LogP contribution in [0, 0.1) is 11.8 Å². The highest BCUT2D eigenvalue weighted by Crippen LogP contribution is 2.10. The van der Waals surface area contributed by atoms with Crippen LogP contribution in [-0.2, 0) is 30.4 Å². The van der Waals surface area contributed by atoms with Gasteiger partial charge in [0.25, 0.3) is 0 Å². The predicted molar refractivity (Wildman–Crippen MR) is 134 cm³/mol. The topological polar surface area (TPSA) is 194 Å². The van der Waals surface area contributed by atoms with Crippen molar-refractivity contribution in [2.24, 2.45) is 23.3 Å². The van der Waals surface area contributed by atoms with Gasteiger partial charge in [-0.2, -0.15) is 0 Å². The molecule has 0 bridgehead atoms. The largest absolute Gasteiger partial charge is 0.480 e. The summed E-state index contributed by atoms with van der Waals surface area (Å²) in [5, 5.41) is 17.3. The van der Waals surface area contributed by atoms with Gasteiger partial charge in [-0.3, -0.25) is 19.2 Å². The lowest BCUT2D eigenvalue weighted by atomic mass is 9.99. The van der Waals surface area contributed by atoms with Crippen LogP contribution in [0.25, 0.3) is 0 Å². The number of hydrogen-bond donors (Lipinski definition) is 6. The van der Waals surface area contributed by atoms with Crippen LogP contribution in [-0.4, -0.2) is 58.9 Å². The maximum Gasteiger partial charge on any atom is 0.326 e. The molecule has 0 aliphatic carbocycles. The van der Waals surface area contributed by atoms with Crippen molar-refractivity contribution in [3.05, 3.63) is 35.9 Å². The van der Waals surface area contributed by atoms with E-state index in [1.165, 1.54) is 0 Å². The summed E-state index contributed by atoms with van der Waals surface area (Å²) >= 11 is 0. The zero-order valence-corrected chi connectivity index (χ0v) is 21.3. The minimum Gasteiger partial charge on any atom is -0.480 e. The zero-order chi connectivity index (χ0) is 27.4. The first kappa shape index (κ1) is 30.6. The average molecular weight is 506 g/mol. The molecule has 0 heterocycles. The van der Waals surface area contributed by atoms with Crippen LogP contribution < -0.4 is 27.4 Å². The highest BCUT2D eigenvalue weighted by molar-refractivity contribution is 5.94. The summed E-state index contributed by atoms with van der Waals surface area (Å²) in [4.78, 5) is 61.4. The smallest absolute Gasteiger partial charge is 0.326 e. The number of carboxylic acids is 1. The van der Waals surface area contributed by atoms with Crippen molar-refractivity contribution >= 4 is 29.6 Å². The van der Waals surface area contributed by atoms with E-state index in [0.717, 1.165) is 5.56 Å². The summed E-state index contributed by atoms with van der Waals surface area (Å²) < 4.78 is 0. The quantitative estimate of drug-likeness (QED) is 0.194. The van der Waals surface area contributed by atoms with Crippen molar-refractivity contribution in [1.82, 2.24) is 16.0 Å². The van der Waals surface area contributed by atoms with Crippen LogP contribution in [0.3, 0.4) is 0 Å². The maximum atomic E-state index is 13.2. The molecule has 11 heteroatoms. The number of aliphatic carboxylic acids is 1. The predicted octanol–water partition coefficient (Wildman–Crippen LogP) is 0.0630. The lowest BCUT2D eigenvalue weighted by molar-refractivity contribution is -0.143. The molecule has 0 fully saturated rings. The fourth-order valence-electron chi connectivity index (χ4n) is 3.51. The zero-order valence-electron chi connectivity index (χ0n) is 21.3. The van der Waals surface area contributed by atoms with E-state index in [1.54, 1.807) is 38.1 Å². The van der Waals surface area contributed by atoms with Gasteiger partial charge in [0.05, 0.1) is 6.04 Å². The van der Waals surface area contributed by atoms with Gasteiger partial charge < -0.3 is 32.5 Å². The Morgan fingerprint density at radius 1 is 0.861 bits per heavy atom. The first-order chi connectivity index (χ1) is 16.8.